The van der Waals surface area contributed by atoms with E-state index >= 15 is 0 Å². The number of likely N-dealkylation sites (tertiary alicyclic amines) is 1. The third-order valence-corrected chi connectivity index (χ3v) is 4.88. The molecule has 1 saturated heterocycles. The molecule has 2 aliphatic carbocycles. The van der Waals surface area contributed by atoms with E-state index in [2.05, 4.69) is 17.1 Å². The third-order valence-electron chi connectivity index (χ3n) is 4.88. The number of nitrogens with two attached hydrogens (primary N) is 1. The van der Waals surface area contributed by atoms with Crippen molar-refractivity contribution in [3.05, 3.63) is 0 Å². The molecule has 98 valence electrons. The maximum atomic E-state index is 5.96. The molecule has 3 heteroatoms. The number of nitrogens with one attached hydrogen (secondary N) is 1. The summed E-state index contributed by atoms with van der Waals surface area (Å²) in [6, 6.07) is 3.68. The highest BCUT2D eigenvalue weighted by Crippen LogP contribution is 2.33. The van der Waals surface area contributed by atoms with Gasteiger partial charge in [-0.1, -0.05) is 0 Å². The Morgan fingerprint density at radius 2 is 1.71 bits per heavy atom. The highest BCUT2D eigenvalue weighted by atomic mass is 15.3. The molecule has 3 aliphatic rings. The smallest absolute Gasteiger partial charge is 0.0212 e. The van der Waals surface area contributed by atoms with Gasteiger partial charge in [0.15, 0.2) is 0 Å². The number of rotatable bonds is 3. The van der Waals surface area contributed by atoms with Crippen LogP contribution in [-0.2, 0) is 0 Å². The van der Waals surface area contributed by atoms with Crippen LogP contribution < -0.4 is 11.1 Å². The first-order valence-electron chi connectivity index (χ1n) is 7.49. The molecule has 0 aromatic rings. The van der Waals surface area contributed by atoms with Crippen LogP contribution in [0.25, 0.3) is 0 Å². The van der Waals surface area contributed by atoms with E-state index in [1.54, 1.807) is 0 Å². The van der Waals surface area contributed by atoms with Gasteiger partial charge in [-0.15, -0.1) is 0 Å². The van der Waals surface area contributed by atoms with E-state index in [0.717, 1.165) is 24.2 Å². The minimum absolute atomic E-state index is 0.471. The van der Waals surface area contributed by atoms with E-state index in [9.17, 15) is 0 Å². The van der Waals surface area contributed by atoms with E-state index in [4.69, 9.17) is 5.73 Å². The van der Waals surface area contributed by atoms with Crippen LogP contribution >= 0.6 is 0 Å². The summed E-state index contributed by atoms with van der Waals surface area (Å²) in [4.78, 5) is 2.73. The van der Waals surface area contributed by atoms with E-state index in [0.29, 0.717) is 6.04 Å². The van der Waals surface area contributed by atoms with Gasteiger partial charge in [-0.3, -0.25) is 4.90 Å². The quantitative estimate of drug-likeness (QED) is 0.781. The van der Waals surface area contributed by atoms with Gasteiger partial charge in [0.2, 0.25) is 0 Å². The summed E-state index contributed by atoms with van der Waals surface area (Å²) in [5, 5.41) is 3.88. The fourth-order valence-corrected chi connectivity index (χ4v) is 3.71. The minimum Gasteiger partial charge on any atom is -0.328 e. The summed E-state index contributed by atoms with van der Waals surface area (Å²) in [7, 11) is 0. The summed E-state index contributed by atoms with van der Waals surface area (Å²) in [6.45, 7) is 3.69. The predicted molar refractivity (Wildman–Crippen MR) is 71.0 cm³/mol. The average molecular weight is 237 g/mol. The number of hydrogen-bond donors (Lipinski definition) is 2. The second kappa shape index (κ2) is 4.87. The van der Waals surface area contributed by atoms with Crippen molar-refractivity contribution >= 4 is 0 Å². The van der Waals surface area contributed by atoms with Crippen LogP contribution in [0, 0.1) is 0 Å². The molecule has 2 unspecified atom stereocenters. The topological polar surface area (TPSA) is 41.3 Å². The normalized spacial score (nSPS) is 44.1. The molecule has 3 nitrogen and oxygen atoms in total. The zero-order valence-corrected chi connectivity index (χ0v) is 11.1. The molecule has 3 rings (SSSR count). The number of nitrogens with zero attached hydrogens (tertiary/aromatic N) is 1. The molecule has 1 heterocycles. The van der Waals surface area contributed by atoms with E-state index in [-0.39, 0.29) is 0 Å². The standard InChI is InChI=1S/C14H27N3/c1-10-8-13(9-17(10)14-6-7-14)16-12-4-2-11(15)3-5-12/h10-14,16H,2-9,15H2,1H3. The van der Waals surface area contributed by atoms with Crippen LogP contribution in [0.1, 0.15) is 51.9 Å². The van der Waals surface area contributed by atoms with Crippen molar-refractivity contribution in [1.29, 1.82) is 0 Å². The lowest BCUT2D eigenvalue weighted by Gasteiger charge is -2.29. The molecule has 0 aromatic carbocycles. The summed E-state index contributed by atoms with van der Waals surface area (Å²) in [5.41, 5.74) is 5.96. The molecular formula is C14H27N3. The Bertz CT molecular complexity index is 256. The van der Waals surface area contributed by atoms with Crippen molar-refractivity contribution < 1.29 is 0 Å². The van der Waals surface area contributed by atoms with Gasteiger partial charge in [0.05, 0.1) is 0 Å². The van der Waals surface area contributed by atoms with Crippen molar-refractivity contribution in [2.24, 2.45) is 5.73 Å². The molecular weight excluding hydrogens is 210 g/mol. The first kappa shape index (κ1) is 11.9. The maximum absolute atomic E-state index is 5.96. The van der Waals surface area contributed by atoms with Gasteiger partial charge in [-0.05, 0) is 51.9 Å². The Morgan fingerprint density at radius 1 is 1.00 bits per heavy atom. The summed E-state index contributed by atoms with van der Waals surface area (Å²) in [5.74, 6) is 0. The molecule has 3 fully saturated rings. The molecule has 0 bridgehead atoms. The van der Waals surface area contributed by atoms with Crippen molar-refractivity contribution in [3.63, 3.8) is 0 Å². The van der Waals surface area contributed by atoms with Crippen molar-refractivity contribution in [2.75, 3.05) is 6.54 Å². The SMILES string of the molecule is CC1CC(NC2CCC(N)CC2)CN1C1CC1. The summed E-state index contributed by atoms with van der Waals surface area (Å²) < 4.78 is 0. The highest BCUT2D eigenvalue weighted by Gasteiger charge is 2.39. The van der Waals surface area contributed by atoms with Crippen LogP contribution in [-0.4, -0.2) is 41.7 Å². The van der Waals surface area contributed by atoms with Crippen LogP contribution in [0.2, 0.25) is 0 Å². The Morgan fingerprint density at radius 3 is 2.35 bits per heavy atom. The second-order valence-electron chi connectivity index (χ2n) is 6.49. The Hall–Kier alpha value is -0.120. The van der Waals surface area contributed by atoms with Gasteiger partial charge < -0.3 is 11.1 Å². The molecule has 0 radical (unpaired) electrons. The zero-order valence-electron chi connectivity index (χ0n) is 11.1. The second-order valence-corrected chi connectivity index (χ2v) is 6.49. The molecule has 0 amide bonds. The van der Waals surface area contributed by atoms with Gasteiger partial charge >= 0.3 is 0 Å². The molecule has 17 heavy (non-hydrogen) atoms. The average Bonchev–Trinajstić information content (AvgIpc) is 3.08. The predicted octanol–water partition coefficient (Wildman–Crippen LogP) is 1.47. The minimum atomic E-state index is 0.471. The number of hydrogen-bond acceptors (Lipinski definition) is 3. The Balaban J connectivity index is 1.46. The Kier molecular flexibility index (Phi) is 3.42. The lowest BCUT2D eigenvalue weighted by Crippen LogP contribution is -2.43. The van der Waals surface area contributed by atoms with Gasteiger partial charge in [-0.2, -0.15) is 0 Å². The van der Waals surface area contributed by atoms with Crippen LogP contribution in [0.4, 0.5) is 0 Å². The van der Waals surface area contributed by atoms with Crippen LogP contribution in [0.3, 0.4) is 0 Å². The summed E-state index contributed by atoms with van der Waals surface area (Å²) >= 11 is 0. The highest BCUT2D eigenvalue weighted by molar-refractivity contribution is 4.97. The van der Waals surface area contributed by atoms with Gasteiger partial charge in [0.1, 0.15) is 0 Å². The molecule has 2 atom stereocenters. The van der Waals surface area contributed by atoms with Crippen molar-refractivity contribution in [3.8, 4) is 0 Å². The molecule has 3 N–H and O–H groups in total. The first-order valence-corrected chi connectivity index (χ1v) is 7.49. The lowest BCUT2D eigenvalue weighted by atomic mass is 9.91. The van der Waals surface area contributed by atoms with E-state index in [1.807, 2.05) is 0 Å². The maximum Gasteiger partial charge on any atom is 0.0212 e. The molecule has 0 spiro atoms. The van der Waals surface area contributed by atoms with Crippen molar-refractivity contribution in [1.82, 2.24) is 10.2 Å². The van der Waals surface area contributed by atoms with Crippen molar-refractivity contribution in [2.45, 2.75) is 82.1 Å². The monoisotopic (exact) mass is 237 g/mol. The molecule has 0 aromatic heterocycles. The zero-order chi connectivity index (χ0) is 11.8. The lowest BCUT2D eigenvalue weighted by molar-refractivity contribution is 0.250. The Labute approximate surface area is 105 Å². The van der Waals surface area contributed by atoms with Crippen LogP contribution in [0.5, 0.6) is 0 Å². The molecule has 1 aliphatic heterocycles. The van der Waals surface area contributed by atoms with Gasteiger partial charge in [0.25, 0.3) is 0 Å². The fraction of sp³-hybridized carbons (Fsp3) is 1.00. The largest absolute Gasteiger partial charge is 0.328 e. The fourth-order valence-electron chi connectivity index (χ4n) is 3.71. The third kappa shape index (κ3) is 2.83. The summed E-state index contributed by atoms with van der Waals surface area (Å²) in [6.07, 6.45) is 9.23. The first-order chi connectivity index (χ1) is 8.22. The van der Waals surface area contributed by atoms with Gasteiger partial charge in [0, 0.05) is 36.8 Å². The van der Waals surface area contributed by atoms with Gasteiger partial charge in [-0.25, -0.2) is 0 Å². The van der Waals surface area contributed by atoms with Crippen LogP contribution in [0.15, 0.2) is 0 Å². The molecule has 2 saturated carbocycles. The van der Waals surface area contributed by atoms with E-state index in [1.165, 1.54) is 51.5 Å². The van der Waals surface area contributed by atoms with E-state index < -0.39 is 0 Å².